The highest BCUT2D eigenvalue weighted by Gasteiger charge is 2.28. The first-order valence-electron chi connectivity index (χ1n) is 9.50. The first-order chi connectivity index (χ1) is 12.4. The van der Waals surface area contributed by atoms with Crippen molar-refractivity contribution in [2.75, 3.05) is 32.7 Å². The lowest BCUT2D eigenvalue weighted by Gasteiger charge is -2.34. The Morgan fingerprint density at radius 3 is 2.58 bits per heavy atom. The van der Waals surface area contributed by atoms with E-state index in [1.165, 1.54) is 10.4 Å². The topological polar surface area (TPSA) is 78.5 Å². The maximum atomic E-state index is 12.8. The van der Waals surface area contributed by atoms with Crippen molar-refractivity contribution in [1.82, 2.24) is 14.9 Å². The van der Waals surface area contributed by atoms with Crippen LogP contribution >= 0.6 is 0 Å². The lowest BCUT2D eigenvalue weighted by molar-refractivity contribution is 0.0922. The lowest BCUT2D eigenvalue weighted by Crippen LogP contribution is -2.43. The first kappa shape index (κ1) is 19.3. The Morgan fingerprint density at radius 1 is 1.19 bits per heavy atom. The number of carbonyl (C=O) groups is 1. The Kier molecular flexibility index (Phi) is 5.99. The number of piperidine rings is 2. The van der Waals surface area contributed by atoms with E-state index in [1.807, 2.05) is 0 Å². The maximum Gasteiger partial charge on any atom is 0.251 e. The van der Waals surface area contributed by atoms with Crippen molar-refractivity contribution >= 4 is 15.9 Å². The normalized spacial score (nSPS) is 21.3. The van der Waals surface area contributed by atoms with Gasteiger partial charge in [0.25, 0.3) is 5.91 Å². The van der Waals surface area contributed by atoms with Crippen molar-refractivity contribution < 1.29 is 13.2 Å². The molecule has 6 nitrogen and oxygen atoms in total. The van der Waals surface area contributed by atoms with E-state index < -0.39 is 10.0 Å². The second-order valence-corrected chi connectivity index (χ2v) is 9.67. The summed E-state index contributed by atoms with van der Waals surface area (Å²) in [5.41, 5.74) is 0.499. The molecule has 0 aliphatic carbocycles. The number of carbonyl (C=O) groups excluding carboxylic acids is 1. The molecule has 1 amide bonds. The van der Waals surface area contributed by atoms with E-state index in [4.69, 9.17) is 0 Å². The van der Waals surface area contributed by atoms with Gasteiger partial charge in [-0.15, -0.1) is 0 Å². The van der Waals surface area contributed by atoms with Crippen molar-refractivity contribution in [2.24, 2.45) is 5.41 Å². The van der Waals surface area contributed by atoms with Crippen LogP contribution in [0.1, 0.15) is 49.4 Å². The second kappa shape index (κ2) is 8.06. The fourth-order valence-electron chi connectivity index (χ4n) is 3.65. The van der Waals surface area contributed by atoms with E-state index >= 15 is 0 Å². The van der Waals surface area contributed by atoms with Gasteiger partial charge in [0.05, 0.1) is 4.90 Å². The van der Waals surface area contributed by atoms with Gasteiger partial charge in [-0.25, -0.2) is 8.42 Å². The summed E-state index contributed by atoms with van der Waals surface area (Å²) < 4.78 is 27.1. The second-order valence-electron chi connectivity index (χ2n) is 7.74. The van der Waals surface area contributed by atoms with Crippen LogP contribution in [0.3, 0.4) is 0 Å². The Bertz CT molecular complexity index is 736. The molecule has 0 atom stereocenters. The molecule has 2 saturated heterocycles. The van der Waals surface area contributed by atoms with Crippen molar-refractivity contribution in [3.05, 3.63) is 29.8 Å². The number of amides is 1. The third kappa shape index (κ3) is 4.45. The number of nitrogens with zero attached hydrogens (tertiary/aromatic N) is 1. The van der Waals surface area contributed by atoms with E-state index in [-0.39, 0.29) is 16.2 Å². The molecule has 0 radical (unpaired) electrons. The van der Waals surface area contributed by atoms with Crippen molar-refractivity contribution in [2.45, 2.75) is 43.9 Å². The van der Waals surface area contributed by atoms with Gasteiger partial charge in [0.1, 0.15) is 0 Å². The molecule has 2 aliphatic rings. The standard InChI is InChI=1S/C19H29N3O3S/c1-19(8-10-20-11-9-19)15-21-18(23)16-6-5-7-17(14-16)26(24,25)22-12-3-2-4-13-22/h5-7,14,20H,2-4,8-13,15H2,1H3,(H,21,23). The lowest BCUT2D eigenvalue weighted by atomic mass is 9.81. The summed E-state index contributed by atoms with van der Waals surface area (Å²) in [5.74, 6) is -0.208. The molecule has 2 heterocycles. The Morgan fingerprint density at radius 2 is 1.88 bits per heavy atom. The van der Waals surface area contributed by atoms with Gasteiger partial charge in [-0.2, -0.15) is 4.31 Å². The number of sulfonamides is 1. The van der Waals surface area contributed by atoms with Gasteiger partial charge < -0.3 is 10.6 Å². The number of hydrogen-bond acceptors (Lipinski definition) is 4. The number of hydrogen-bond donors (Lipinski definition) is 2. The zero-order valence-corrected chi connectivity index (χ0v) is 16.3. The summed E-state index contributed by atoms with van der Waals surface area (Å²) in [6.07, 6.45) is 4.91. The molecule has 0 spiro atoms. The highest BCUT2D eigenvalue weighted by molar-refractivity contribution is 7.89. The molecule has 0 saturated carbocycles. The molecule has 3 rings (SSSR count). The summed E-state index contributed by atoms with van der Waals surface area (Å²) >= 11 is 0. The molecular formula is C19H29N3O3S. The predicted molar refractivity (Wildman–Crippen MR) is 102 cm³/mol. The minimum atomic E-state index is -3.52. The maximum absolute atomic E-state index is 12.8. The monoisotopic (exact) mass is 379 g/mol. The summed E-state index contributed by atoms with van der Waals surface area (Å²) in [5, 5.41) is 6.32. The Balaban J connectivity index is 1.69. The molecule has 0 aromatic heterocycles. The quantitative estimate of drug-likeness (QED) is 0.820. The Labute approximate surface area is 156 Å². The highest BCUT2D eigenvalue weighted by atomic mass is 32.2. The van der Waals surface area contributed by atoms with E-state index in [9.17, 15) is 13.2 Å². The van der Waals surface area contributed by atoms with Gasteiger partial charge in [-0.05, 0) is 62.4 Å². The van der Waals surface area contributed by atoms with Crippen LogP contribution in [0.2, 0.25) is 0 Å². The zero-order chi connectivity index (χ0) is 18.6. The van der Waals surface area contributed by atoms with Gasteiger partial charge in [0.2, 0.25) is 10.0 Å². The third-order valence-electron chi connectivity index (χ3n) is 5.54. The fourth-order valence-corrected chi connectivity index (χ4v) is 5.22. The highest BCUT2D eigenvalue weighted by Crippen LogP contribution is 2.27. The molecule has 2 aliphatic heterocycles. The molecule has 2 N–H and O–H groups in total. The van der Waals surface area contributed by atoms with E-state index in [2.05, 4.69) is 17.6 Å². The van der Waals surface area contributed by atoms with Crippen LogP contribution < -0.4 is 10.6 Å². The van der Waals surface area contributed by atoms with Gasteiger partial charge in [0.15, 0.2) is 0 Å². The Hall–Kier alpha value is -1.44. The SMILES string of the molecule is CC1(CNC(=O)c2cccc(S(=O)(=O)N3CCCCC3)c2)CCNCC1. The number of nitrogens with one attached hydrogen (secondary N) is 2. The van der Waals surface area contributed by atoms with Crippen LogP contribution in [-0.4, -0.2) is 51.4 Å². The molecule has 0 unspecified atom stereocenters. The van der Waals surface area contributed by atoms with Crippen molar-refractivity contribution in [1.29, 1.82) is 0 Å². The van der Waals surface area contributed by atoms with Crippen LogP contribution in [0.5, 0.6) is 0 Å². The first-order valence-corrected chi connectivity index (χ1v) is 10.9. The molecule has 7 heteroatoms. The molecule has 1 aromatic rings. The van der Waals surface area contributed by atoms with Gasteiger partial charge in [0, 0.05) is 25.2 Å². The van der Waals surface area contributed by atoms with Gasteiger partial charge >= 0.3 is 0 Å². The summed E-state index contributed by atoms with van der Waals surface area (Å²) in [6, 6.07) is 6.41. The van der Waals surface area contributed by atoms with Crippen LogP contribution in [-0.2, 0) is 10.0 Å². The van der Waals surface area contributed by atoms with E-state index in [0.717, 1.165) is 45.2 Å². The molecule has 2 fully saturated rings. The average Bonchev–Trinajstić information content (AvgIpc) is 2.67. The zero-order valence-electron chi connectivity index (χ0n) is 15.5. The predicted octanol–water partition coefficient (Wildman–Crippen LogP) is 1.98. The smallest absolute Gasteiger partial charge is 0.251 e. The largest absolute Gasteiger partial charge is 0.351 e. The van der Waals surface area contributed by atoms with Gasteiger partial charge in [-0.3, -0.25) is 4.79 Å². The summed E-state index contributed by atoms with van der Waals surface area (Å²) in [7, 11) is -3.52. The number of benzene rings is 1. The van der Waals surface area contributed by atoms with Crippen molar-refractivity contribution in [3.63, 3.8) is 0 Å². The van der Waals surface area contributed by atoms with Crippen molar-refractivity contribution in [3.8, 4) is 0 Å². The minimum absolute atomic E-state index is 0.0956. The molecule has 0 bridgehead atoms. The van der Waals surface area contributed by atoms with Crippen LogP contribution in [0, 0.1) is 5.41 Å². The summed E-state index contributed by atoms with van der Waals surface area (Å²) in [6.45, 7) is 5.85. The van der Waals surface area contributed by atoms with Crippen LogP contribution in [0.15, 0.2) is 29.2 Å². The molecule has 1 aromatic carbocycles. The van der Waals surface area contributed by atoms with E-state index in [0.29, 0.717) is 25.2 Å². The summed E-state index contributed by atoms with van der Waals surface area (Å²) in [4.78, 5) is 12.8. The average molecular weight is 380 g/mol. The van der Waals surface area contributed by atoms with E-state index in [1.54, 1.807) is 18.2 Å². The molecule has 144 valence electrons. The molecule has 26 heavy (non-hydrogen) atoms. The molecular weight excluding hydrogens is 350 g/mol. The van der Waals surface area contributed by atoms with Gasteiger partial charge in [-0.1, -0.05) is 19.4 Å². The fraction of sp³-hybridized carbons (Fsp3) is 0.632. The minimum Gasteiger partial charge on any atom is -0.351 e. The number of rotatable bonds is 5. The van der Waals surface area contributed by atoms with Crippen LogP contribution in [0.4, 0.5) is 0 Å². The van der Waals surface area contributed by atoms with Crippen LogP contribution in [0.25, 0.3) is 0 Å². The third-order valence-corrected chi connectivity index (χ3v) is 7.43.